The highest BCUT2D eigenvalue weighted by molar-refractivity contribution is 6.39. The summed E-state index contributed by atoms with van der Waals surface area (Å²) in [5, 5.41) is 2.54. The Morgan fingerprint density at radius 1 is 1.17 bits per heavy atom. The van der Waals surface area contributed by atoms with Gasteiger partial charge >= 0.3 is 11.8 Å². The minimum atomic E-state index is -0.763. The van der Waals surface area contributed by atoms with Gasteiger partial charge in [0, 0.05) is 32.5 Å². The van der Waals surface area contributed by atoms with E-state index in [2.05, 4.69) is 23.3 Å². The number of nitrogens with one attached hydrogen (secondary N) is 1. The molecular weight excluding hydrogens is 382 g/mol. The second-order valence-corrected chi connectivity index (χ2v) is 7.93. The molecule has 2 heterocycles. The third-order valence-electron chi connectivity index (χ3n) is 5.32. The molecule has 8 heteroatoms. The molecule has 1 aliphatic heterocycles. The van der Waals surface area contributed by atoms with E-state index in [4.69, 9.17) is 5.73 Å². The molecule has 1 saturated heterocycles. The van der Waals surface area contributed by atoms with Crippen LogP contribution >= 0.6 is 0 Å². The van der Waals surface area contributed by atoms with Crippen LogP contribution in [0.3, 0.4) is 0 Å². The number of likely N-dealkylation sites (tertiary alicyclic amines) is 1. The van der Waals surface area contributed by atoms with Crippen molar-refractivity contribution in [3.05, 3.63) is 53.9 Å². The van der Waals surface area contributed by atoms with Gasteiger partial charge < -0.3 is 20.9 Å². The quantitative estimate of drug-likeness (QED) is 0.753. The smallest absolute Gasteiger partial charge is 0.313 e. The van der Waals surface area contributed by atoms with Crippen molar-refractivity contribution in [3.8, 4) is 0 Å². The van der Waals surface area contributed by atoms with Crippen LogP contribution in [0.25, 0.3) is 0 Å². The molecule has 2 aromatic rings. The van der Waals surface area contributed by atoms with Gasteiger partial charge in [0.15, 0.2) is 0 Å². The maximum atomic E-state index is 13.1. The third kappa shape index (κ3) is 4.76. The summed E-state index contributed by atoms with van der Waals surface area (Å²) in [5.41, 5.74) is 7.70. The van der Waals surface area contributed by atoms with Gasteiger partial charge in [0.25, 0.3) is 0 Å². The summed E-state index contributed by atoms with van der Waals surface area (Å²) in [6.45, 7) is 2.58. The average molecular weight is 409 g/mol. The molecule has 1 unspecified atom stereocenters. The molecule has 1 aromatic carbocycles. The Labute approximate surface area is 176 Å². The van der Waals surface area contributed by atoms with Gasteiger partial charge in [-0.05, 0) is 42.5 Å². The Balaban J connectivity index is 1.82. The molecule has 3 rings (SSSR count). The lowest BCUT2D eigenvalue weighted by Gasteiger charge is -2.38. The van der Waals surface area contributed by atoms with Crippen molar-refractivity contribution >= 4 is 29.1 Å². The van der Waals surface area contributed by atoms with E-state index >= 15 is 0 Å². The molecule has 0 radical (unpaired) electrons. The Bertz CT molecular complexity index is 959. The van der Waals surface area contributed by atoms with Crippen LogP contribution in [0.1, 0.15) is 41.7 Å². The fourth-order valence-corrected chi connectivity index (χ4v) is 3.69. The minimum Gasteiger partial charge on any atom is -0.378 e. The summed E-state index contributed by atoms with van der Waals surface area (Å²) < 4.78 is 0. The summed E-state index contributed by atoms with van der Waals surface area (Å²) in [4.78, 5) is 44.6. The van der Waals surface area contributed by atoms with Crippen LogP contribution in [0, 0.1) is 5.92 Å². The summed E-state index contributed by atoms with van der Waals surface area (Å²) in [6.07, 6.45) is 4.44. The number of nitrogens with two attached hydrogens (primary N) is 1. The molecule has 3 N–H and O–H groups in total. The van der Waals surface area contributed by atoms with Crippen molar-refractivity contribution < 1.29 is 14.4 Å². The van der Waals surface area contributed by atoms with Gasteiger partial charge in [-0.15, -0.1) is 0 Å². The second-order valence-electron chi connectivity index (χ2n) is 7.93. The third-order valence-corrected chi connectivity index (χ3v) is 5.32. The fourth-order valence-electron chi connectivity index (χ4n) is 3.69. The van der Waals surface area contributed by atoms with Crippen LogP contribution in [0.4, 0.5) is 11.4 Å². The zero-order chi connectivity index (χ0) is 21.8. The highest BCUT2D eigenvalue weighted by atomic mass is 16.2. The first-order valence-electron chi connectivity index (χ1n) is 9.90. The Morgan fingerprint density at radius 2 is 1.93 bits per heavy atom. The number of carbonyl (C=O) groups is 3. The number of nitrogens with zero attached hydrogens (tertiary/aromatic N) is 3. The van der Waals surface area contributed by atoms with Gasteiger partial charge in [0.2, 0.25) is 5.91 Å². The van der Waals surface area contributed by atoms with Crippen molar-refractivity contribution in [2.75, 3.05) is 30.9 Å². The van der Waals surface area contributed by atoms with Crippen LogP contribution in [-0.4, -0.2) is 48.2 Å². The SMILES string of the molecule is C[C@H]1CCC(c2cccc(N(C)C)c2)N(C(=O)C(=O)Nc2cncc(C(N)=O)c2)C1. The topological polar surface area (TPSA) is 109 Å². The van der Waals surface area contributed by atoms with Gasteiger partial charge in [0.05, 0.1) is 23.5 Å². The molecule has 1 aromatic heterocycles. The Kier molecular flexibility index (Phi) is 6.34. The molecule has 0 bridgehead atoms. The summed E-state index contributed by atoms with van der Waals surface area (Å²) in [5.74, 6) is -1.72. The van der Waals surface area contributed by atoms with E-state index in [1.54, 1.807) is 4.90 Å². The first-order valence-corrected chi connectivity index (χ1v) is 9.90. The predicted molar refractivity (Wildman–Crippen MR) is 115 cm³/mol. The molecule has 30 heavy (non-hydrogen) atoms. The maximum Gasteiger partial charge on any atom is 0.313 e. The average Bonchev–Trinajstić information content (AvgIpc) is 2.73. The monoisotopic (exact) mass is 409 g/mol. The molecule has 0 aliphatic carbocycles. The lowest BCUT2D eigenvalue weighted by atomic mass is 9.89. The lowest BCUT2D eigenvalue weighted by molar-refractivity contribution is -0.146. The number of anilines is 2. The number of piperidine rings is 1. The molecule has 8 nitrogen and oxygen atoms in total. The minimum absolute atomic E-state index is 0.158. The zero-order valence-electron chi connectivity index (χ0n) is 17.5. The van der Waals surface area contributed by atoms with E-state index in [-0.39, 0.29) is 17.3 Å². The Morgan fingerprint density at radius 3 is 2.63 bits per heavy atom. The van der Waals surface area contributed by atoms with Crippen LogP contribution in [0.15, 0.2) is 42.7 Å². The van der Waals surface area contributed by atoms with Crippen molar-refractivity contribution in [1.29, 1.82) is 0 Å². The largest absolute Gasteiger partial charge is 0.378 e. The first-order chi connectivity index (χ1) is 14.3. The van der Waals surface area contributed by atoms with E-state index in [9.17, 15) is 14.4 Å². The lowest BCUT2D eigenvalue weighted by Crippen LogP contribution is -2.46. The zero-order valence-corrected chi connectivity index (χ0v) is 17.5. The molecule has 158 valence electrons. The van der Waals surface area contributed by atoms with Crippen molar-refractivity contribution in [1.82, 2.24) is 9.88 Å². The van der Waals surface area contributed by atoms with E-state index < -0.39 is 17.7 Å². The molecule has 1 fully saturated rings. The van der Waals surface area contributed by atoms with Crippen molar-refractivity contribution in [3.63, 3.8) is 0 Å². The number of hydrogen-bond donors (Lipinski definition) is 2. The van der Waals surface area contributed by atoms with E-state index in [0.717, 1.165) is 24.1 Å². The van der Waals surface area contributed by atoms with Gasteiger partial charge in [-0.2, -0.15) is 0 Å². The Hall–Kier alpha value is -3.42. The van der Waals surface area contributed by atoms with E-state index in [0.29, 0.717) is 12.5 Å². The number of rotatable bonds is 4. The first kappa shape index (κ1) is 21.3. The van der Waals surface area contributed by atoms with Crippen LogP contribution in [-0.2, 0) is 9.59 Å². The molecule has 0 saturated carbocycles. The molecular formula is C22H27N5O3. The summed E-state index contributed by atoms with van der Waals surface area (Å²) in [7, 11) is 3.93. The van der Waals surface area contributed by atoms with E-state index in [1.165, 1.54) is 18.5 Å². The number of carbonyl (C=O) groups excluding carboxylic acids is 3. The second kappa shape index (κ2) is 8.94. The van der Waals surface area contributed by atoms with Crippen LogP contribution in [0.2, 0.25) is 0 Å². The molecule has 0 spiro atoms. The number of aromatic nitrogens is 1. The number of primary amides is 1. The van der Waals surface area contributed by atoms with Gasteiger partial charge in [0.1, 0.15) is 0 Å². The fraction of sp³-hybridized carbons (Fsp3) is 0.364. The van der Waals surface area contributed by atoms with Crippen molar-refractivity contribution in [2.24, 2.45) is 11.7 Å². The van der Waals surface area contributed by atoms with Crippen LogP contribution < -0.4 is 16.0 Å². The summed E-state index contributed by atoms with van der Waals surface area (Å²) in [6, 6.07) is 9.25. The normalized spacial score (nSPS) is 18.6. The predicted octanol–water partition coefficient (Wildman–Crippen LogP) is 2.18. The highest BCUT2D eigenvalue weighted by Gasteiger charge is 2.34. The number of benzene rings is 1. The van der Waals surface area contributed by atoms with Crippen LogP contribution in [0.5, 0.6) is 0 Å². The number of amides is 3. The summed E-state index contributed by atoms with van der Waals surface area (Å²) >= 11 is 0. The molecule has 3 amide bonds. The number of hydrogen-bond acceptors (Lipinski definition) is 5. The molecule has 1 aliphatic rings. The highest BCUT2D eigenvalue weighted by Crippen LogP contribution is 2.34. The molecule has 2 atom stereocenters. The maximum absolute atomic E-state index is 13.1. The van der Waals surface area contributed by atoms with Gasteiger partial charge in [-0.3, -0.25) is 19.4 Å². The van der Waals surface area contributed by atoms with E-state index in [1.807, 2.05) is 37.2 Å². The number of pyridine rings is 1. The van der Waals surface area contributed by atoms with Crippen molar-refractivity contribution in [2.45, 2.75) is 25.8 Å². The standard InChI is InChI=1S/C22H27N5O3/c1-14-7-8-19(15-5-4-6-18(10-15)26(2)3)27(13-14)22(30)21(29)25-17-9-16(20(23)28)11-24-12-17/h4-6,9-12,14,19H,7-8,13H2,1-3H3,(H2,23,28)(H,25,29)/t14-,19?/m0/s1. The van der Waals surface area contributed by atoms with Gasteiger partial charge in [-0.1, -0.05) is 19.1 Å². The van der Waals surface area contributed by atoms with Gasteiger partial charge in [-0.25, -0.2) is 0 Å².